The van der Waals surface area contributed by atoms with Gasteiger partial charge in [0.2, 0.25) is 5.95 Å². The maximum atomic E-state index is 6.12. The van der Waals surface area contributed by atoms with Crippen LogP contribution in [-0.2, 0) is 6.54 Å². The fraction of sp³-hybridized carbons (Fsp3) is 0.0667. The van der Waals surface area contributed by atoms with Gasteiger partial charge in [0.05, 0.1) is 27.6 Å². The molecule has 0 saturated carbocycles. The number of hydrogen-bond acceptors (Lipinski definition) is 4. The zero-order valence-electron chi connectivity index (χ0n) is 11.0. The zero-order chi connectivity index (χ0) is 14.4. The second-order valence-electron chi connectivity index (χ2n) is 4.77. The molecule has 0 atom stereocenters. The molecule has 4 nitrogen and oxygen atoms in total. The van der Waals surface area contributed by atoms with Gasteiger partial charge in [0.25, 0.3) is 0 Å². The van der Waals surface area contributed by atoms with Crippen molar-refractivity contribution in [2.75, 3.05) is 5.73 Å². The van der Waals surface area contributed by atoms with Crippen LogP contribution in [0.3, 0.4) is 0 Å². The summed E-state index contributed by atoms with van der Waals surface area (Å²) in [7, 11) is 0. The minimum absolute atomic E-state index is 0.521. The Morgan fingerprint density at radius 1 is 1.14 bits per heavy atom. The molecular weight excluding hydrogens is 348 g/mol. The Morgan fingerprint density at radius 2 is 2.00 bits per heavy atom. The number of fused-ring (bicyclic) bond motifs is 3. The molecule has 0 aliphatic heterocycles. The number of halogens is 1. The first-order valence-electron chi connectivity index (χ1n) is 6.46. The lowest BCUT2D eigenvalue weighted by molar-refractivity contribution is 0.855. The molecular formula is C15H11BrN4S. The summed E-state index contributed by atoms with van der Waals surface area (Å²) in [6, 6.07) is 12.2. The Hall–Kier alpha value is -1.92. The monoisotopic (exact) mass is 358 g/mol. The van der Waals surface area contributed by atoms with Crippen molar-refractivity contribution < 1.29 is 0 Å². The Labute approximate surface area is 133 Å². The number of nitrogen functional groups attached to an aromatic ring is 1. The average molecular weight is 359 g/mol. The van der Waals surface area contributed by atoms with Crippen LogP contribution in [0.2, 0.25) is 0 Å². The Kier molecular flexibility index (Phi) is 2.94. The van der Waals surface area contributed by atoms with E-state index in [-0.39, 0.29) is 0 Å². The normalized spacial score (nSPS) is 11.5. The Balaban J connectivity index is 1.98. The lowest BCUT2D eigenvalue weighted by Gasteiger charge is -2.06. The average Bonchev–Trinajstić information content (AvgIpc) is 3.03. The maximum absolute atomic E-state index is 6.12. The largest absolute Gasteiger partial charge is 0.369 e. The van der Waals surface area contributed by atoms with Crippen LogP contribution in [0.25, 0.3) is 21.9 Å². The van der Waals surface area contributed by atoms with Gasteiger partial charge in [0, 0.05) is 10.3 Å². The van der Waals surface area contributed by atoms with E-state index in [0.29, 0.717) is 12.5 Å². The van der Waals surface area contributed by atoms with Crippen LogP contribution in [0.5, 0.6) is 0 Å². The molecule has 0 aliphatic rings. The standard InChI is InChI=1S/C15H11BrN4S/c16-13-6-5-9(21-13)8-20-14-10-3-1-2-4-11(10)18-7-12(14)19-15(20)17/h1-7H,8H2,(H2,17,19). The van der Waals surface area contributed by atoms with Gasteiger partial charge in [-0.3, -0.25) is 4.98 Å². The second-order valence-corrected chi connectivity index (χ2v) is 7.32. The van der Waals surface area contributed by atoms with Crippen molar-refractivity contribution in [2.24, 2.45) is 0 Å². The van der Waals surface area contributed by atoms with Crippen LogP contribution in [0, 0.1) is 0 Å². The molecule has 0 amide bonds. The van der Waals surface area contributed by atoms with Crippen LogP contribution in [0.1, 0.15) is 4.88 Å². The number of imidazole rings is 1. The predicted octanol–water partition coefficient (Wildman–Crippen LogP) is 4.04. The molecule has 1 aromatic carbocycles. The summed E-state index contributed by atoms with van der Waals surface area (Å²) in [5.74, 6) is 0.521. The smallest absolute Gasteiger partial charge is 0.201 e. The zero-order valence-corrected chi connectivity index (χ0v) is 13.4. The number of anilines is 1. The first kappa shape index (κ1) is 12.8. The van der Waals surface area contributed by atoms with E-state index < -0.39 is 0 Å². The van der Waals surface area contributed by atoms with E-state index in [1.54, 1.807) is 17.5 Å². The van der Waals surface area contributed by atoms with Crippen LogP contribution in [-0.4, -0.2) is 14.5 Å². The van der Waals surface area contributed by atoms with Gasteiger partial charge in [-0.05, 0) is 34.1 Å². The number of nitrogens with two attached hydrogens (primary N) is 1. The van der Waals surface area contributed by atoms with Crippen molar-refractivity contribution >= 4 is 55.2 Å². The first-order chi connectivity index (χ1) is 10.2. The van der Waals surface area contributed by atoms with Gasteiger partial charge in [-0.2, -0.15) is 0 Å². The molecule has 0 aliphatic carbocycles. The highest BCUT2D eigenvalue weighted by Crippen LogP contribution is 2.29. The molecule has 3 aromatic heterocycles. The summed E-state index contributed by atoms with van der Waals surface area (Å²) >= 11 is 5.20. The van der Waals surface area contributed by atoms with Gasteiger partial charge >= 0.3 is 0 Å². The van der Waals surface area contributed by atoms with Crippen molar-refractivity contribution in [2.45, 2.75) is 6.54 Å². The van der Waals surface area contributed by atoms with E-state index >= 15 is 0 Å². The molecule has 0 fully saturated rings. The van der Waals surface area contributed by atoms with E-state index in [1.807, 2.05) is 18.2 Å². The molecule has 0 saturated heterocycles. The predicted molar refractivity (Wildman–Crippen MR) is 90.6 cm³/mol. The number of pyridine rings is 1. The third-order valence-electron chi connectivity index (χ3n) is 3.45. The molecule has 104 valence electrons. The van der Waals surface area contributed by atoms with Gasteiger partial charge in [-0.1, -0.05) is 18.2 Å². The van der Waals surface area contributed by atoms with Crippen molar-refractivity contribution in [3.05, 3.63) is 51.3 Å². The molecule has 2 N–H and O–H groups in total. The molecule has 4 aromatic rings. The number of hydrogen-bond donors (Lipinski definition) is 1. The Bertz CT molecular complexity index is 957. The van der Waals surface area contributed by atoms with E-state index in [9.17, 15) is 0 Å². The molecule has 21 heavy (non-hydrogen) atoms. The molecule has 0 spiro atoms. The number of benzene rings is 1. The second kappa shape index (κ2) is 4.82. The van der Waals surface area contributed by atoms with Gasteiger partial charge < -0.3 is 10.3 Å². The molecule has 0 bridgehead atoms. The van der Waals surface area contributed by atoms with Crippen molar-refractivity contribution in [3.8, 4) is 0 Å². The summed E-state index contributed by atoms with van der Waals surface area (Å²) in [5, 5.41) is 1.08. The molecule has 0 radical (unpaired) electrons. The number of nitrogens with zero attached hydrogens (tertiary/aromatic N) is 3. The summed E-state index contributed by atoms with van der Waals surface area (Å²) in [5.41, 5.74) is 8.95. The minimum Gasteiger partial charge on any atom is -0.369 e. The summed E-state index contributed by atoms with van der Waals surface area (Å²) in [6.45, 7) is 0.715. The van der Waals surface area contributed by atoms with E-state index in [2.05, 4.69) is 48.7 Å². The third-order valence-corrected chi connectivity index (χ3v) is 5.06. The van der Waals surface area contributed by atoms with Gasteiger partial charge in [0.15, 0.2) is 0 Å². The minimum atomic E-state index is 0.521. The van der Waals surface area contributed by atoms with Crippen molar-refractivity contribution in [1.82, 2.24) is 14.5 Å². The number of aromatic nitrogens is 3. The van der Waals surface area contributed by atoms with Crippen LogP contribution in [0.4, 0.5) is 5.95 Å². The van der Waals surface area contributed by atoms with Crippen LogP contribution < -0.4 is 5.73 Å². The highest BCUT2D eigenvalue weighted by Gasteiger charge is 2.13. The first-order valence-corrected chi connectivity index (χ1v) is 8.07. The highest BCUT2D eigenvalue weighted by molar-refractivity contribution is 9.11. The molecule has 6 heteroatoms. The van der Waals surface area contributed by atoms with E-state index in [0.717, 1.165) is 25.7 Å². The van der Waals surface area contributed by atoms with E-state index in [4.69, 9.17) is 5.73 Å². The molecule has 4 rings (SSSR count). The van der Waals surface area contributed by atoms with Gasteiger partial charge in [0.1, 0.15) is 5.52 Å². The summed E-state index contributed by atoms with van der Waals surface area (Å²) < 4.78 is 3.17. The van der Waals surface area contributed by atoms with Gasteiger partial charge in [-0.25, -0.2) is 4.98 Å². The lowest BCUT2D eigenvalue weighted by atomic mass is 10.2. The fourth-order valence-electron chi connectivity index (χ4n) is 2.53. The summed E-state index contributed by atoms with van der Waals surface area (Å²) in [6.07, 6.45) is 1.79. The SMILES string of the molecule is Nc1nc2cnc3ccccc3c2n1Cc1ccc(Br)s1. The quantitative estimate of drug-likeness (QED) is 0.588. The number of para-hydroxylation sites is 1. The Morgan fingerprint density at radius 3 is 2.81 bits per heavy atom. The molecule has 3 heterocycles. The van der Waals surface area contributed by atoms with Crippen LogP contribution >= 0.6 is 27.3 Å². The fourth-order valence-corrected chi connectivity index (χ4v) is 4.00. The van der Waals surface area contributed by atoms with E-state index in [1.165, 1.54) is 4.88 Å². The summed E-state index contributed by atoms with van der Waals surface area (Å²) in [4.78, 5) is 10.1. The van der Waals surface area contributed by atoms with Crippen molar-refractivity contribution in [1.29, 1.82) is 0 Å². The maximum Gasteiger partial charge on any atom is 0.201 e. The number of rotatable bonds is 2. The van der Waals surface area contributed by atoms with Crippen molar-refractivity contribution in [3.63, 3.8) is 0 Å². The lowest BCUT2D eigenvalue weighted by Crippen LogP contribution is -2.03. The van der Waals surface area contributed by atoms with Crippen LogP contribution in [0.15, 0.2) is 46.4 Å². The van der Waals surface area contributed by atoms with Gasteiger partial charge in [-0.15, -0.1) is 11.3 Å². The molecule has 0 unspecified atom stereocenters. The number of thiophene rings is 1. The third kappa shape index (κ3) is 2.11. The highest BCUT2D eigenvalue weighted by atomic mass is 79.9. The topological polar surface area (TPSA) is 56.7 Å².